The van der Waals surface area contributed by atoms with E-state index in [0.717, 1.165) is 19.4 Å². The molecule has 1 aromatic rings. The van der Waals surface area contributed by atoms with Gasteiger partial charge in [-0.05, 0) is 25.3 Å². The van der Waals surface area contributed by atoms with Gasteiger partial charge in [0.2, 0.25) is 0 Å². The topological polar surface area (TPSA) is 24.9 Å². The van der Waals surface area contributed by atoms with Gasteiger partial charge in [-0.25, -0.2) is 4.98 Å². The first-order chi connectivity index (χ1) is 7.59. The molecule has 3 heteroatoms. The fraction of sp³-hybridized carbons (Fsp3) is 0.769. The number of rotatable bonds is 6. The van der Waals surface area contributed by atoms with E-state index >= 15 is 0 Å². The summed E-state index contributed by atoms with van der Waals surface area (Å²) in [5.74, 6) is 0.526. The molecule has 0 atom stereocenters. The predicted octanol–water partition coefficient (Wildman–Crippen LogP) is 3.89. The Balaban J connectivity index is 3.00. The molecule has 0 aliphatic rings. The van der Waals surface area contributed by atoms with Gasteiger partial charge < -0.3 is 5.32 Å². The number of hydrogen-bond donors (Lipinski definition) is 1. The fourth-order valence-electron chi connectivity index (χ4n) is 1.99. The summed E-state index contributed by atoms with van der Waals surface area (Å²) in [5.41, 5.74) is 1.32. The molecule has 0 bridgehead atoms. The Bertz CT molecular complexity index is 313. The van der Waals surface area contributed by atoms with E-state index in [0.29, 0.717) is 5.92 Å². The van der Waals surface area contributed by atoms with Gasteiger partial charge in [-0.3, -0.25) is 0 Å². The summed E-state index contributed by atoms with van der Waals surface area (Å²) in [6.45, 7) is 12.0. The zero-order valence-electron chi connectivity index (χ0n) is 11.1. The highest BCUT2D eigenvalue weighted by atomic mass is 32.1. The standard InChI is InChI=1S/C13H24N2S/c1-6-13(7-2,14-8-3)12-15-11(9-16-12)10(4)5/h9-10,14H,6-8H2,1-5H3. The predicted molar refractivity (Wildman–Crippen MR) is 72.1 cm³/mol. The van der Waals surface area contributed by atoms with Gasteiger partial charge in [0.15, 0.2) is 0 Å². The number of thiazole rings is 1. The molecule has 0 saturated heterocycles. The summed E-state index contributed by atoms with van der Waals surface area (Å²) >= 11 is 1.80. The van der Waals surface area contributed by atoms with Crippen LogP contribution in [0.1, 0.15) is 64.1 Å². The summed E-state index contributed by atoms with van der Waals surface area (Å²) < 4.78 is 0. The Morgan fingerprint density at radius 2 is 1.94 bits per heavy atom. The van der Waals surface area contributed by atoms with Gasteiger partial charge in [0.1, 0.15) is 5.01 Å². The molecule has 1 N–H and O–H groups in total. The van der Waals surface area contributed by atoms with E-state index in [1.165, 1.54) is 10.7 Å². The van der Waals surface area contributed by atoms with E-state index in [2.05, 4.69) is 45.3 Å². The van der Waals surface area contributed by atoms with E-state index < -0.39 is 0 Å². The Labute approximate surface area is 103 Å². The minimum atomic E-state index is 0.0898. The summed E-state index contributed by atoms with van der Waals surface area (Å²) in [6, 6.07) is 0. The van der Waals surface area contributed by atoms with E-state index in [-0.39, 0.29) is 5.54 Å². The van der Waals surface area contributed by atoms with Crippen molar-refractivity contribution in [3.05, 3.63) is 16.1 Å². The van der Waals surface area contributed by atoms with Gasteiger partial charge >= 0.3 is 0 Å². The highest BCUT2D eigenvalue weighted by Gasteiger charge is 2.30. The van der Waals surface area contributed by atoms with Crippen LogP contribution in [0.25, 0.3) is 0 Å². The molecule has 0 spiro atoms. The van der Waals surface area contributed by atoms with Crippen LogP contribution >= 0.6 is 11.3 Å². The molecule has 0 aliphatic heterocycles. The average molecular weight is 240 g/mol. The molecule has 1 aromatic heterocycles. The van der Waals surface area contributed by atoms with Crippen LogP contribution in [-0.4, -0.2) is 11.5 Å². The Morgan fingerprint density at radius 1 is 1.31 bits per heavy atom. The zero-order chi connectivity index (χ0) is 12.2. The van der Waals surface area contributed by atoms with Gasteiger partial charge in [-0.2, -0.15) is 0 Å². The second-order valence-electron chi connectivity index (χ2n) is 4.55. The summed E-state index contributed by atoms with van der Waals surface area (Å²) in [6.07, 6.45) is 2.20. The van der Waals surface area contributed by atoms with Crippen molar-refractivity contribution in [2.24, 2.45) is 0 Å². The number of nitrogens with one attached hydrogen (secondary N) is 1. The zero-order valence-corrected chi connectivity index (χ0v) is 11.9. The first-order valence-corrected chi connectivity index (χ1v) is 7.18. The molecule has 0 aromatic carbocycles. The van der Waals surface area contributed by atoms with Crippen molar-refractivity contribution < 1.29 is 0 Å². The maximum atomic E-state index is 4.80. The fourth-order valence-corrected chi connectivity index (χ4v) is 3.29. The summed E-state index contributed by atoms with van der Waals surface area (Å²) in [4.78, 5) is 4.80. The van der Waals surface area contributed by atoms with Gasteiger partial charge in [0.25, 0.3) is 0 Å². The number of nitrogens with zero attached hydrogens (tertiary/aromatic N) is 1. The molecular formula is C13H24N2S. The lowest BCUT2D eigenvalue weighted by Crippen LogP contribution is -2.41. The van der Waals surface area contributed by atoms with Gasteiger partial charge in [0.05, 0.1) is 11.2 Å². The first kappa shape index (κ1) is 13.7. The van der Waals surface area contributed by atoms with Crippen LogP contribution in [0, 0.1) is 0 Å². The van der Waals surface area contributed by atoms with Crippen LogP contribution in [0.2, 0.25) is 0 Å². The average Bonchev–Trinajstić information content (AvgIpc) is 2.76. The minimum Gasteiger partial charge on any atom is -0.306 e. The highest BCUT2D eigenvalue weighted by Crippen LogP contribution is 2.32. The maximum absolute atomic E-state index is 4.80. The lowest BCUT2D eigenvalue weighted by molar-refractivity contribution is 0.314. The maximum Gasteiger partial charge on any atom is 0.113 e. The number of hydrogen-bond acceptors (Lipinski definition) is 3. The molecule has 0 radical (unpaired) electrons. The van der Waals surface area contributed by atoms with Crippen molar-refractivity contribution in [3.63, 3.8) is 0 Å². The van der Waals surface area contributed by atoms with Crippen LogP contribution in [0.5, 0.6) is 0 Å². The van der Waals surface area contributed by atoms with Crippen molar-refractivity contribution in [1.29, 1.82) is 0 Å². The Hall–Kier alpha value is -0.410. The Morgan fingerprint density at radius 3 is 2.31 bits per heavy atom. The quantitative estimate of drug-likeness (QED) is 0.816. The second kappa shape index (κ2) is 5.78. The molecule has 0 fully saturated rings. The normalized spacial score (nSPS) is 12.4. The van der Waals surface area contributed by atoms with E-state index in [1.54, 1.807) is 11.3 Å². The third-order valence-corrected chi connectivity index (χ3v) is 4.31. The molecule has 1 heterocycles. The first-order valence-electron chi connectivity index (χ1n) is 6.30. The molecule has 0 amide bonds. The highest BCUT2D eigenvalue weighted by molar-refractivity contribution is 7.09. The van der Waals surface area contributed by atoms with Gasteiger partial charge in [-0.1, -0.05) is 34.6 Å². The molecular weight excluding hydrogens is 216 g/mol. The van der Waals surface area contributed by atoms with Crippen molar-refractivity contribution in [2.75, 3.05) is 6.54 Å². The van der Waals surface area contributed by atoms with Crippen LogP contribution in [0.4, 0.5) is 0 Å². The molecule has 0 aliphatic carbocycles. The Kier molecular flexibility index (Phi) is 4.93. The molecule has 0 unspecified atom stereocenters. The van der Waals surface area contributed by atoms with Crippen molar-refractivity contribution in [2.45, 2.75) is 58.9 Å². The van der Waals surface area contributed by atoms with E-state index in [1.807, 2.05) is 0 Å². The molecule has 1 rings (SSSR count). The smallest absolute Gasteiger partial charge is 0.113 e. The third kappa shape index (κ3) is 2.64. The van der Waals surface area contributed by atoms with Crippen molar-refractivity contribution in [1.82, 2.24) is 10.3 Å². The van der Waals surface area contributed by atoms with Crippen LogP contribution in [0.15, 0.2) is 5.38 Å². The van der Waals surface area contributed by atoms with Gasteiger partial charge in [-0.15, -0.1) is 11.3 Å². The SMILES string of the molecule is CCNC(CC)(CC)c1nc(C(C)C)cs1. The monoisotopic (exact) mass is 240 g/mol. The van der Waals surface area contributed by atoms with Crippen LogP contribution in [0.3, 0.4) is 0 Å². The van der Waals surface area contributed by atoms with E-state index in [9.17, 15) is 0 Å². The number of aromatic nitrogens is 1. The lowest BCUT2D eigenvalue weighted by atomic mass is 9.93. The summed E-state index contributed by atoms with van der Waals surface area (Å²) in [7, 11) is 0. The molecule has 2 nitrogen and oxygen atoms in total. The largest absolute Gasteiger partial charge is 0.306 e. The third-order valence-electron chi connectivity index (χ3n) is 3.25. The molecule has 0 saturated carbocycles. The van der Waals surface area contributed by atoms with Crippen molar-refractivity contribution >= 4 is 11.3 Å². The summed E-state index contributed by atoms with van der Waals surface area (Å²) in [5, 5.41) is 7.07. The van der Waals surface area contributed by atoms with Crippen LogP contribution < -0.4 is 5.32 Å². The lowest BCUT2D eigenvalue weighted by Gasteiger charge is -2.30. The van der Waals surface area contributed by atoms with Gasteiger partial charge in [0, 0.05) is 5.38 Å². The molecule has 16 heavy (non-hydrogen) atoms. The second-order valence-corrected chi connectivity index (χ2v) is 5.41. The minimum absolute atomic E-state index is 0.0898. The van der Waals surface area contributed by atoms with E-state index in [4.69, 9.17) is 4.98 Å². The molecule has 92 valence electrons. The van der Waals surface area contributed by atoms with Crippen molar-refractivity contribution in [3.8, 4) is 0 Å². The van der Waals surface area contributed by atoms with Crippen LogP contribution in [-0.2, 0) is 5.54 Å².